The molecule has 2 aromatic carbocycles. The Morgan fingerprint density at radius 3 is 2.29 bits per heavy atom. The van der Waals surface area contributed by atoms with Crippen molar-refractivity contribution in [2.45, 2.75) is 24.7 Å². The minimum absolute atomic E-state index is 0.0253. The predicted octanol–water partition coefficient (Wildman–Crippen LogP) is 3.24. The van der Waals surface area contributed by atoms with Gasteiger partial charge in [0.25, 0.3) is 0 Å². The second kappa shape index (κ2) is 9.16. The number of nitrogens with zero attached hydrogens (tertiary/aromatic N) is 2. The lowest BCUT2D eigenvalue weighted by molar-refractivity contribution is -0.116. The van der Waals surface area contributed by atoms with E-state index in [-0.39, 0.29) is 23.8 Å². The smallest absolute Gasteiger partial charge is 0.242 e. The van der Waals surface area contributed by atoms with E-state index >= 15 is 0 Å². The van der Waals surface area contributed by atoms with E-state index in [1.165, 1.54) is 23.5 Å². The molecule has 0 fully saturated rings. The first kappa shape index (κ1) is 21.8. The zero-order valence-electron chi connectivity index (χ0n) is 16.6. The zero-order valence-corrected chi connectivity index (χ0v) is 17.4. The second-order valence-electron chi connectivity index (χ2n) is 6.83. The number of amides is 1. The van der Waals surface area contributed by atoms with Crippen molar-refractivity contribution < 1.29 is 17.6 Å². The third kappa shape index (κ3) is 5.53. The Labute approximate surface area is 166 Å². The molecule has 0 saturated carbocycles. The average molecular weight is 408 g/mol. The Morgan fingerprint density at radius 2 is 1.71 bits per heavy atom. The van der Waals surface area contributed by atoms with Crippen molar-refractivity contribution in [1.82, 2.24) is 4.31 Å². The molecule has 8 heteroatoms. The third-order valence-corrected chi connectivity index (χ3v) is 6.23. The SMILES string of the molecule is Cc1cc(NC(=O)CCCN(C)S(=O)(=O)c2ccc(F)cc2)ccc1N(C)C. The molecule has 0 aromatic heterocycles. The maximum atomic E-state index is 13.0. The Kier molecular flexibility index (Phi) is 7.15. The van der Waals surface area contributed by atoms with Crippen molar-refractivity contribution >= 4 is 27.3 Å². The van der Waals surface area contributed by atoms with E-state index in [1.807, 2.05) is 44.1 Å². The number of carbonyl (C=O) groups is 1. The van der Waals surface area contributed by atoms with Crippen molar-refractivity contribution in [2.75, 3.05) is 37.9 Å². The summed E-state index contributed by atoms with van der Waals surface area (Å²) in [6.45, 7) is 2.16. The van der Waals surface area contributed by atoms with Crippen molar-refractivity contribution in [3.05, 3.63) is 53.8 Å². The van der Waals surface area contributed by atoms with Crippen LogP contribution in [0.5, 0.6) is 0 Å². The summed E-state index contributed by atoms with van der Waals surface area (Å²) < 4.78 is 39.0. The quantitative estimate of drug-likeness (QED) is 0.729. The van der Waals surface area contributed by atoms with Gasteiger partial charge >= 0.3 is 0 Å². The van der Waals surface area contributed by atoms with Crippen LogP contribution in [0.25, 0.3) is 0 Å². The van der Waals surface area contributed by atoms with Crippen molar-refractivity contribution in [3.63, 3.8) is 0 Å². The van der Waals surface area contributed by atoms with Gasteiger partial charge in [0.15, 0.2) is 0 Å². The second-order valence-corrected chi connectivity index (χ2v) is 8.87. The molecular weight excluding hydrogens is 381 g/mol. The summed E-state index contributed by atoms with van der Waals surface area (Å²) in [5.41, 5.74) is 2.83. The number of hydrogen-bond donors (Lipinski definition) is 1. The molecule has 6 nitrogen and oxygen atoms in total. The Morgan fingerprint density at radius 1 is 1.07 bits per heavy atom. The van der Waals surface area contributed by atoms with Gasteiger partial charge in [-0.3, -0.25) is 4.79 Å². The number of nitrogens with one attached hydrogen (secondary N) is 1. The lowest BCUT2D eigenvalue weighted by atomic mass is 10.1. The molecule has 28 heavy (non-hydrogen) atoms. The summed E-state index contributed by atoms with van der Waals surface area (Å²) in [7, 11) is 1.65. The molecule has 0 spiro atoms. The summed E-state index contributed by atoms with van der Waals surface area (Å²) in [4.78, 5) is 14.2. The van der Waals surface area contributed by atoms with Gasteiger partial charge in [0.1, 0.15) is 5.82 Å². The molecule has 0 unspecified atom stereocenters. The molecule has 2 rings (SSSR count). The minimum Gasteiger partial charge on any atom is -0.377 e. The van der Waals surface area contributed by atoms with Gasteiger partial charge in [-0.1, -0.05) is 0 Å². The number of rotatable bonds is 8. The standard InChI is InChI=1S/C20H26FN3O3S/c1-15-14-17(9-12-19(15)23(2)3)22-20(25)6-5-13-24(4)28(26,27)18-10-7-16(21)8-11-18/h7-12,14H,5-6,13H2,1-4H3,(H,22,25). The highest BCUT2D eigenvalue weighted by molar-refractivity contribution is 7.89. The highest BCUT2D eigenvalue weighted by Gasteiger charge is 2.20. The monoisotopic (exact) mass is 407 g/mol. The van der Waals surface area contributed by atoms with Gasteiger partial charge in [0.2, 0.25) is 15.9 Å². The highest BCUT2D eigenvalue weighted by atomic mass is 32.2. The lowest BCUT2D eigenvalue weighted by Crippen LogP contribution is -2.28. The normalized spacial score (nSPS) is 11.5. The van der Waals surface area contributed by atoms with Crippen LogP contribution in [0.2, 0.25) is 0 Å². The van der Waals surface area contributed by atoms with E-state index < -0.39 is 15.8 Å². The van der Waals surface area contributed by atoms with Crippen LogP contribution in [0.1, 0.15) is 18.4 Å². The maximum absolute atomic E-state index is 13.0. The van der Waals surface area contributed by atoms with Gasteiger partial charge in [0, 0.05) is 45.5 Å². The fraction of sp³-hybridized carbons (Fsp3) is 0.350. The van der Waals surface area contributed by atoms with Crippen LogP contribution >= 0.6 is 0 Å². The van der Waals surface area contributed by atoms with Crippen LogP contribution in [0, 0.1) is 12.7 Å². The summed E-state index contributed by atoms with van der Waals surface area (Å²) in [5, 5.41) is 2.83. The van der Waals surface area contributed by atoms with Crippen LogP contribution in [0.4, 0.5) is 15.8 Å². The van der Waals surface area contributed by atoms with Gasteiger partial charge in [-0.25, -0.2) is 17.1 Å². The average Bonchev–Trinajstić information content (AvgIpc) is 2.61. The number of aryl methyl sites for hydroxylation is 1. The van der Waals surface area contributed by atoms with Crippen LogP contribution in [-0.4, -0.2) is 46.3 Å². The van der Waals surface area contributed by atoms with Gasteiger partial charge < -0.3 is 10.2 Å². The topological polar surface area (TPSA) is 69.7 Å². The third-order valence-electron chi connectivity index (χ3n) is 4.36. The molecule has 0 heterocycles. The number of hydrogen-bond acceptors (Lipinski definition) is 4. The molecule has 0 aliphatic rings. The number of benzene rings is 2. The lowest BCUT2D eigenvalue weighted by Gasteiger charge is -2.18. The molecular formula is C20H26FN3O3S. The van der Waals surface area contributed by atoms with E-state index in [2.05, 4.69) is 5.32 Å². The molecule has 0 aliphatic heterocycles. The molecule has 0 saturated heterocycles. The number of halogens is 1. The van der Waals surface area contributed by atoms with E-state index in [0.717, 1.165) is 23.4 Å². The predicted molar refractivity (Wildman–Crippen MR) is 110 cm³/mol. The van der Waals surface area contributed by atoms with Gasteiger partial charge in [-0.05, 0) is 61.4 Å². The fourth-order valence-corrected chi connectivity index (χ4v) is 4.04. The highest BCUT2D eigenvalue weighted by Crippen LogP contribution is 2.22. The summed E-state index contributed by atoms with van der Waals surface area (Å²) in [5.74, 6) is -0.670. The molecule has 1 N–H and O–H groups in total. The Bertz CT molecular complexity index is 928. The first-order chi connectivity index (χ1) is 13.1. The van der Waals surface area contributed by atoms with Gasteiger partial charge in [-0.2, -0.15) is 0 Å². The zero-order chi connectivity index (χ0) is 20.9. The number of carbonyl (C=O) groups excluding carboxylic acids is 1. The van der Waals surface area contributed by atoms with E-state index in [4.69, 9.17) is 0 Å². The van der Waals surface area contributed by atoms with E-state index in [1.54, 1.807) is 0 Å². The number of anilines is 2. The van der Waals surface area contributed by atoms with Crippen LogP contribution in [0.15, 0.2) is 47.4 Å². The fourth-order valence-electron chi connectivity index (χ4n) is 2.83. The molecule has 0 aliphatic carbocycles. The van der Waals surface area contributed by atoms with Crippen LogP contribution < -0.4 is 10.2 Å². The first-order valence-electron chi connectivity index (χ1n) is 8.91. The molecule has 0 radical (unpaired) electrons. The molecule has 1 amide bonds. The maximum Gasteiger partial charge on any atom is 0.242 e. The molecule has 0 atom stereocenters. The van der Waals surface area contributed by atoms with Crippen molar-refractivity contribution in [3.8, 4) is 0 Å². The Hall–Kier alpha value is -2.45. The molecule has 2 aromatic rings. The van der Waals surface area contributed by atoms with Crippen LogP contribution in [-0.2, 0) is 14.8 Å². The summed E-state index contributed by atoms with van der Waals surface area (Å²) >= 11 is 0. The van der Waals surface area contributed by atoms with E-state index in [0.29, 0.717) is 12.1 Å². The molecule has 152 valence electrons. The van der Waals surface area contributed by atoms with Crippen LogP contribution in [0.3, 0.4) is 0 Å². The first-order valence-corrected chi connectivity index (χ1v) is 10.3. The number of sulfonamides is 1. The Balaban J connectivity index is 1.87. The largest absolute Gasteiger partial charge is 0.377 e. The molecule has 0 bridgehead atoms. The summed E-state index contributed by atoms with van der Waals surface area (Å²) in [6.07, 6.45) is 0.565. The summed E-state index contributed by atoms with van der Waals surface area (Å²) in [6, 6.07) is 10.4. The van der Waals surface area contributed by atoms with Crippen molar-refractivity contribution in [1.29, 1.82) is 0 Å². The van der Waals surface area contributed by atoms with Gasteiger partial charge in [-0.15, -0.1) is 0 Å². The van der Waals surface area contributed by atoms with Crippen molar-refractivity contribution in [2.24, 2.45) is 0 Å². The minimum atomic E-state index is -3.70. The van der Waals surface area contributed by atoms with E-state index in [9.17, 15) is 17.6 Å². The van der Waals surface area contributed by atoms with Gasteiger partial charge in [0.05, 0.1) is 4.90 Å².